The van der Waals surface area contributed by atoms with E-state index >= 15 is 0 Å². The maximum absolute atomic E-state index is 11.9. The van der Waals surface area contributed by atoms with Crippen molar-refractivity contribution in [2.75, 3.05) is 13.1 Å². The van der Waals surface area contributed by atoms with Gasteiger partial charge in [-0.25, -0.2) is 4.79 Å². The molecule has 3 amide bonds. The van der Waals surface area contributed by atoms with Crippen LogP contribution < -0.4 is 16.0 Å². The van der Waals surface area contributed by atoms with Gasteiger partial charge in [-0.05, 0) is 37.8 Å². The van der Waals surface area contributed by atoms with E-state index in [9.17, 15) is 14.4 Å². The average Bonchev–Trinajstić information content (AvgIpc) is 2.59. The van der Waals surface area contributed by atoms with Gasteiger partial charge in [0.05, 0.1) is 16.5 Å². The number of carbonyl (C=O) groups excluding carboxylic acids is 2. The summed E-state index contributed by atoms with van der Waals surface area (Å²) in [5.74, 6) is -1.36. The number of amides is 3. The van der Waals surface area contributed by atoms with E-state index in [2.05, 4.69) is 16.0 Å². The smallest absolute Gasteiger partial charge is 0.315 e. The number of carboxylic acids is 1. The molecule has 4 N–H and O–H groups in total. The number of halogens is 1. The highest BCUT2D eigenvalue weighted by Gasteiger charge is 2.26. The standard InChI is InChI=1S/C17H22ClN3O4/c18-14-4-2-1-3-13(14)15(22)19-9-10-20-17(25)21-12-7-5-11(6-8-12)16(23)24/h1-4,11-12H,5-10H2,(H,19,22)(H,23,24)(H2,20,21,25). The van der Waals surface area contributed by atoms with E-state index in [1.54, 1.807) is 24.3 Å². The first kappa shape index (κ1) is 19.1. The number of rotatable bonds is 6. The van der Waals surface area contributed by atoms with E-state index in [0.717, 1.165) is 0 Å². The number of benzene rings is 1. The van der Waals surface area contributed by atoms with Gasteiger partial charge in [0.1, 0.15) is 0 Å². The molecule has 1 fully saturated rings. The minimum atomic E-state index is -0.767. The molecule has 7 nitrogen and oxygen atoms in total. The van der Waals surface area contributed by atoms with E-state index in [4.69, 9.17) is 16.7 Å². The van der Waals surface area contributed by atoms with Gasteiger partial charge < -0.3 is 21.1 Å². The highest BCUT2D eigenvalue weighted by Crippen LogP contribution is 2.24. The summed E-state index contributed by atoms with van der Waals surface area (Å²) in [6.45, 7) is 0.565. The van der Waals surface area contributed by atoms with Crippen molar-refractivity contribution in [1.29, 1.82) is 0 Å². The topological polar surface area (TPSA) is 108 Å². The van der Waals surface area contributed by atoms with Crippen LogP contribution in [0.2, 0.25) is 5.02 Å². The van der Waals surface area contributed by atoms with Crippen molar-refractivity contribution < 1.29 is 19.5 Å². The Bertz CT molecular complexity index is 630. The van der Waals surface area contributed by atoms with E-state index < -0.39 is 5.97 Å². The van der Waals surface area contributed by atoms with Crippen LogP contribution in [-0.2, 0) is 4.79 Å². The normalized spacial score (nSPS) is 19.7. The Morgan fingerprint density at radius 3 is 2.32 bits per heavy atom. The van der Waals surface area contributed by atoms with Gasteiger partial charge >= 0.3 is 12.0 Å². The molecule has 1 saturated carbocycles. The van der Waals surface area contributed by atoms with Crippen LogP contribution in [0.15, 0.2) is 24.3 Å². The van der Waals surface area contributed by atoms with Crippen molar-refractivity contribution >= 4 is 29.5 Å². The van der Waals surface area contributed by atoms with Gasteiger partial charge in [-0.15, -0.1) is 0 Å². The third-order valence-corrected chi connectivity index (χ3v) is 4.56. The Morgan fingerprint density at radius 1 is 1.04 bits per heavy atom. The van der Waals surface area contributed by atoms with Crippen LogP contribution in [0.25, 0.3) is 0 Å². The molecule has 0 spiro atoms. The van der Waals surface area contributed by atoms with Gasteiger partial charge in [0.2, 0.25) is 0 Å². The first-order valence-corrected chi connectivity index (χ1v) is 8.65. The molecular formula is C17H22ClN3O4. The average molecular weight is 368 g/mol. The number of nitrogens with one attached hydrogen (secondary N) is 3. The summed E-state index contributed by atoms with van der Waals surface area (Å²) in [5, 5.41) is 17.5. The zero-order valence-electron chi connectivity index (χ0n) is 13.8. The fourth-order valence-corrected chi connectivity index (χ4v) is 3.04. The first-order valence-electron chi connectivity index (χ1n) is 8.27. The van der Waals surface area contributed by atoms with Crippen LogP contribution in [0.1, 0.15) is 36.0 Å². The number of hydrogen-bond donors (Lipinski definition) is 4. The molecule has 2 rings (SSSR count). The van der Waals surface area contributed by atoms with Crippen LogP contribution in [0.4, 0.5) is 4.79 Å². The second-order valence-corrected chi connectivity index (χ2v) is 6.43. The zero-order chi connectivity index (χ0) is 18.2. The molecule has 0 aromatic heterocycles. The molecule has 0 aliphatic heterocycles. The van der Waals surface area contributed by atoms with Crippen molar-refractivity contribution in [2.24, 2.45) is 5.92 Å². The van der Waals surface area contributed by atoms with Gasteiger partial charge in [-0.1, -0.05) is 23.7 Å². The quantitative estimate of drug-likeness (QED) is 0.577. The Morgan fingerprint density at radius 2 is 1.68 bits per heavy atom. The van der Waals surface area contributed by atoms with E-state index in [1.165, 1.54) is 0 Å². The molecule has 8 heteroatoms. The fraction of sp³-hybridized carbons (Fsp3) is 0.471. The molecule has 0 bridgehead atoms. The summed E-state index contributed by atoms with van der Waals surface area (Å²) in [6.07, 6.45) is 2.48. The van der Waals surface area contributed by atoms with Gasteiger partial charge in [0.15, 0.2) is 0 Å². The van der Waals surface area contributed by atoms with Crippen LogP contribution in [0.5, 0.6) is 0 Å². The third kappa shape index (κ3) is 5.94. The molecule has 25 heavy (non-hydrogen) atoms. The molecule has 0 saturated heterocycles. The molecule has 0 atom stereocenters. The van der Waals surface area contributed by atoms with Crippen LogP contribution in [0, 0.1) is 5.92 Å². The SMILES string of the molecule is O=C(NCCNC(=O)c1ccccc1Cl)NC1CCC(C(=O)O)CC1. The maximum atomic E-state index is 11.9. The van der Waals surface area contributed by atoms with Gasteiger partial charge in [-0.3, -0.25) is 9.59 Å². The summed E-state index contributed by atoms with van der Waals surface area (Å²) in [6, 6.07) is 6.42. The van der Waals surface area contributed by atoms with E-state index in [0.29, 0.717) is 36.3 Å². The van der Waals surface area contributed by atoms with Crippen molar-refractivity contribution in [3.8, 4) is 0 Å². The van der Waals surface area contributed by atoms with Crippen LogP contribution in [0.3, 0.4) is 0 Å². The van der Waals surface area contributed by atoms with Crippen molar-refractivity contribution in [1.82, 2.24) is 16.0 Å². The number of carboxylic acid groups (broad SMARTS) is 1. The molecule has 1 aliphatic rings. The predicted molar refractivity (Wildman–Crippen MR) is 93.7 cm³/mol. The molecule has 1 aliphatic carbocycles. The Balaban J connectivity index is 1.62. The molecule has 1 aromatic rings. The number of carbonyl (C=O) groups is 3. The predicted octanol–water partition coefficient (Wildman–Crippen LogP) is 2.01. The number of aliphatic carboxylic acids is 1. The highest BCUT2D eigenvalue weighted by molar-refractivity contribution is 6.33. The molecule has 136 valence electrons. The Hall–Kier alpha value is -2.28. The van der Waals surface area contributed by atoms with E-state index in [-0.39, 0.29) is 37.0 Å². The van der Waals surface area contributed by atoms with Gasteiger partial charge in [0.25, 0.3) is 5.91 Å². The first-order chi connectivity index (χ1) is 12.0. The highest BCUT2D eigenvalue weighted by atomic mass is 35.5. The van der Waals surface area contributed by atoms with Gasteiger partial charge in [0, 0.05) is 19.1 Å². The minimum Gasteiger partial charge on any atom is -0.481 e. The van der Waals surface area contributed by atoms with Crippen molar-refractivity contribution in [3.05, 3.63) is 34.9 Å². The molecule has 1 aromatic carbocycles. The second-order valence-electron chi connectivity index (χ2n) is 6.02. The molecule has 0 unspecified atom stereocenters. The maximum Gasteiger partial charge on any atom is 0.315 e. The van der Waals surface area contributed by atoms with Crippen LogP contribution in [-0.4, -0.2) is 42.1 Å². The number of urea groups is 1. The van der Waals surface area contributed by atoms with Crippen molar-refractivity contribution in [3.63, 3.8) is 0 Å². The van der Waals surface area contributed by atoms with E-state index in [1.807, 2.05) is 0 Å². The summed E-state index contributed by atoms with van der Waals surface area (Å²) in [7, 11) is 0. The zero-order valence-corrected chi connectivity index (χ0v) is 14.5. The largest absolute Gasteiger partial charge is 0.481 e. The summed E-state index contributed by atoms with van der Waals surface area (Å²) in [4.78, 5) is 34.7. The monoisotopic (exact) mass is 367 g/mol. The lowest BCUT2D eigenvalue weighted by Gasteiger charge is -2.26. The Labute approximate surface area is 151 Å². The fourth-order valence-electron chi connectivity index (χ4n) is 2.81. The minimum absolute atomic E-state index is 0.00619. The van der Waals surface area contributed by atoms with Crippen molar-refractivity contribution in [2.45, 2.75) is 31.7 Å². The second kappa shape index (κ2) is 9.27. The summed E-state index contributed by atoms with van der Waals surface area (Å²) >= 11 is 5.94. The summed E-state index contributed by atoms with van der Waals surface area (Å²) < 4.78 is 0. The Kier molecular flexibility index (Phi) is 7.06. The molecule has 0 heterocycles. The van der Waals surface area contributed by atoms with Gasteiger partial charge in [-0.2, -0.15) is 0 Å². The number of hydrogen-bond acceptors (Lipinski definition) is 3. The van der Waals surface area contributed by atoms with Crippen LogP contribution >= 0.6 is 11.6 Å². The lowest BCUT2D eigenvalue weighted by atomic mass is 9.86. The molecule has 0 radical (unpaired) electrons. The lowest BCUT2D eigenvalue weighted by Crippen LogP contribution is -2.46. The third-order valence-electron chi connectivity index (χ3n) is 4.23. The summed E-state index contributed by atoms with van der Waals surface area (Å²) in [5.41, 5.74) is 0.392. The molecular weight excluding hydrogens is 346 g/mol. The lowest BCUT2D eigenvalue weighted by molar-refractivity contribution is -0.142.